The van der Waals surface area contributed by atoms with Gasteiger partial charge in [-0.2, -0.15) is 5.10 Å². The maximum atomic E-state index is 13.1. The first-order valence-electron chi connectivity index (χ1n) is 14.4. The number of benzene rings is 2. The number of nitrogens with one attached hydrogen (secondary N) is 2. The molecule has 10 nitrogen and oxygen atoms in total. The summed E-state index contributed by atoms with van der Waals surface area (Å²) in [6.07, 6.45) is 7.08. The summed E-state index contributed by atoms with van der Waals surface area (Å²) < 4.78 is 1.81. The van der Waals surface area contributed by atoms with Crippen LogP contribution in [-0.2, 0) is 13.6 Å². The van der Waals surface area contributed by atoms with E-state index < -0.39 is 0 Å². The molecule has 0 spiro atoms. The van der Waals surface area contributed by atoms with Gasteiger partial charge in [-0.05, 0) is 67.6 Å². The molecule has 0 radical (unpaired) electrons. The highest BCUT2D eigenvalue weighted by atomic mass is 16.1. The first kappa shape index (κ1) is 28.2. The van der Waals surface area contributed by atoms with Crippen molar-refractivity contribution < 1.29 is 4.79 Å². The van der Waals surface area contributed by atoms with E-state index >= 15 is 0 Å². The van der Waals surface area contributed by atoms with E-state index in [0.717, 1.165) is 66.5 Å². The van der Waals surface area contributed by atoms with Crippen molar-refractivity contribution in [1.29, 1.82) is 0 Å². The molecule has 0 bridgehead atoms. The lowest BCUT2D eigenvalue weighted by Gasteiger charge is -2.32. The van der Waals surface area contributed by atoms with Gasteiger partial charge in [0, 0.05) is 92.6 Å². The lowest BCUT2D eigenvalue weighted by molar-refractivity contribution is 0.102. The van der Waals surface area contributed by atoms with Gasteiger partial charge in [0.05, 0.1) is 11.4 Å². The van der Waals surface area contributed by atoms with Gasteiger partial charge in [-0.1, -0.05) is 18.2 Å². The third kappa shape index (κ3) is 6.77. The predicted molar refractivity (Wildman–Crippen MR) is 169 cm³/mol. The highest BCUT2D eigenvalue weighted by molar-refractivity contribution is 6.04. The summed E-state index contributed by atoms with van der Waals surface area (Å²) in [5, 5.41) is 10.6. The number of nitrogens with zero attached hydrogens (tertiary/aromatic N) is 7. The molecule has 43 heavy (non-hydrogen) atoms. The quantitative estimate of drug-likeness (QED) is 0.268. The molecule has 1 amide bonds. The molecule has 1 saturated heterocycles. The minimum absolute atomic E-state index is 0.153. The molecule has 1 aliphatic heterocycles. The third-order valence-corrected chi connectivity index (χ3v) is 7.77. The number of aryl methyl sites for hydroxylation is 2. The van der Waals surface area contributed by atoms with Crippen LogP contribution in [0, 0.1) is 6.92 Å². The lowest BCUT2D eigenvalue weighted by atomic mass is 10.1. The molecule has 4 heterocycles. The average molecular weight is 574 g/mol. The van der Waals surface area contributed by atoms with Gasteiger partial charge in [0.2, 0.25) is 5.95 Å². The Balaban J connectivity index is 1.13. The van der Waals surface area contributed by atoms with E-state index in [1.807, 2.05) is 85.5 Å². The number of carbonyl (C=O) groups excluding carboxylic acids is 1. The smallest absolute Gasteiger partial charge is 0.255 e. The number of hydrogen-bond donors (Lipinski definition) is 2. The van der Waals surface area contributed by atoms with Crippen LogP contribution >= 0.6 is 0 Å². The van der Waals surface area contributed by atoms with E-state index in [0.29, 0.717) is 17.2 Å². The van der Waals surface area contributed by atoms with Crippen LogP contribution in [0.3, 0.4) is 0 Å². The van der Waals surface area contributed by atoms with Crippen molar-refractivity contribution in [2.45, 2.75) is 13.5 Å². The van der Waals surface area contributed by atoms with E-state index in [1.165, 1.54) is 5.56 Å². The zero-order chi connectivity index (χ0) is 29.8. The van der Waals surface area contributed by atoms with Crippen LogP contribution < -0.4 is 10.6 Å². The summed E-state index contributed by atoms with van der Waals surface area (Å²) in [6, 6.07) is 19.5. The standard InChI is InChI=1S/C33H35N9O/c1-23-4-9-28(37-32(43)25-7-5-24(6-8-25)22-42-16-14-40(2)15-17-42)19-30(23)39-33-35-12-10-29(38-33)26-18-27(21-34-20-26)31-11-13-36-41(31)3/h4-13,18-21H,14-17,22H2,1-3H3,(H,37,43)(H,35,38,39). The normalized spacial score (nSPS) is 14.0. The Kier molecular flexibility index (Phi) is 8.21. The molecule has 6 rings (SSSR count). The van der Waals surface area contributed by atoms with Crippen LogP contribution in [0.15, 0.2) is 85.5 Å². The maximum Gasteiger partial charge on any atom is 0.255 e. The second-order valence-corrected chi connectivity index (χ2v) is 11.0. The van der Waals surface area contributed by atoms with E-state index in [4.69, 9.17) is 4.98 Å². The molecule has 2 N–H and O–H groups in total. The highest BCUT2D eigenvalue weighted by Crippen LogP contribution is 2.27. The Morgan fingerprint density at radius 2 is 1.67 bits per heavy atom. The molecule has 5 aromatic rings. The van der Waals surface area contributed by atoms with Gasteiger partial charge in [-0.15, -0.1) is 0 Å². The molecule has 1 aliphatic rings. The second kappa shape index (κ2) is 12.5. The first-order chi connectivity index (χ1) is 20.9. The molecule has 0 aliphatic carbocycles. The first-order valence-corrected chi connectivity index (χ1v) is 14.4. The predicted octanol–water partition coefficient (Wildman–Crippen LogP) is 4.99. The van der Waals surface area contributed by atoms with Gasteiger partial charge in [0.15, 0.2) is 0 Å². The van der Waals surface area contributed by atoms with Crippen molar-refractivity contribution in [1.82, 2.24) is 34.5 Å². The highest BCUT2D eigenvalue weighted by Gasteiger charge is 2.15. The molecule has 1 fully saturated rings. The summed E-state index contributed by atoms with van der Waals surface area (Å²) in [6.45, 7) is 7.20. The fourth-order valence-electron chi connectivity index (χ4n) is 5.14. The van der Waals surface area contributed by atoms with Crippen molar-refractivity contribution in [3.63, 3.8) is 0 Å². The summed E-state index contributed by atoms with van der Waals surface area (Å²) >= 11 is 0. The van der Waals surface area contributed by atoms with Crippen molar-refractivity contribution in [3.05, 3.63) is 102 Å². The van der Waals surface area contributed by atoms with Crippen molar-refractivity contribution >= 4 is 23.2 Å². The average Bonchev–Trinajstić information content (AvgIpc) is 3.46. The Hall–Kier alpha value is -4.93. The van der Waals surface area contributed by atoms with Crippen molar-refractivity contribution in [2.24, 2.45) is 7.05 Å². The molecule has 0 unspecified atom stereocenters. The minimum Gasteiger partial charge on any atom is -0.324 e. The SMILES string of the molecule is Cc1ccc(NC(=O)c2ccc(CN3CCN(C)CC3)cc2)cc1Nc1nccc(-c2cncc(-c3ccnn3C)c2)n1. The molecule has 2 aromatic carbocycles. The van der Waals surface area contributed by atoms with Gasteiger partial charge in [-0.25, -0.2) is 9.97 Å². The van der Waals surface area contributed by atoms with Gasteiger partial charge in [0.1, 0.15) is 0 Å². The van der Waals surface area contributed by atoms with Crippen LogP contribution in [0.5, 0.6) is 0 Å². The summed E-state index contributed by atoms with van der Waals surface area (Å²) in [5.74, 6) is 0.297. The summed E-state index contributed by atoms with van der Waals surface area (Å²) in [4.78, 5) is 31.4. The number of carbonyl (C=O) groups is 1. The van der Waals surface area contributed by atoms with Crippen LogP contribution in [0.25, 0.3) is 22.5 Å². The molecule has 218 valence electrons. The Bertz CT molecular complexity index is 1720. The molecular formula is C33H35N9O. The third-order valence-electron chi connectivity index (χ3n) is 7.77. The minimum atomic E-state index is -0.153. The number of amides is 1. The van der Waals surface area contributed by atoms with Crippen molar-refractivity contribution in [3.8, 4) is 22.5 Å². The van der Waals surface area contributed by atoms with Gasteiger partial charge in [-0.3, -0.25) is 19.4 Å². The monoisotopic (exact) mass is 573 g/mol. The molecule has 0 saturated carbocycles. The van der Waals surface area contributed by atoms with Crippen molar-refractivity contribution in [2.75, 3.05) is 43.9 Å². The largest absolute Gasteiger partial charge is 0.324 e. The van der Waals surface area contributed by atoms with Gasteiger partial charge in [0.25, 0.3) is 5.91 Å². The molecule has 10 heteroatoms. The van der Waals surface area contributed by atoms with Crippen LogP contribution in [-0.4, -0.2) is 73.7 Å². The number of anilines is 3. The topological polar surface area (TPSA) is 104 Å². The number of aromatic nitrogens is 5. The second-order valence-electron chi connectivity index (χ2n) is 11.0. The van der Waals surface area contributed by atoms with E-state index in [2.05, 4.69) is 42.5 Å². The maximum absolute atomic E-state index is 13.1. The Morgan fingerprint density at radius 1 is 0.884 bits per heavy atom. The Labute approximate surface area is 251 Å². The number of likely N-dealkylation sites (N-methyl/N-ethyl adjacent to an activating group) is 1. The van der Waals surface area contributed by atoms with Crippen LogP contribution in [0.4, 0.5) is 17.3 Å². The molecular weight excluding hydrogens is 538 g/mol. The van der Waals surface area contributed by atoms with Crippen LogP contribution in [0.1, 0.15) is 21.5 Å². The molecule has 3 aromatic heterocycles. The molecule has 0 atom stereocenters. The van der Waals surface area contributed by atoms with E-state index in [1.54, 1.807) is 18.6 Å². The van der Waals surface area contributed by atoms with E-state index in [9.17, 15) is 4.79 Å². The fourth-order valence-corrected chi connectivity index (χ4v) is 5.14. The van der Waals surface area contributed by atoms with E-state index in [-0.39, 0.29) is 5.91 Å². The number of hydrogen-bond acceptors (Lipinski definition) is 8. The lowest BCUT2D eigenvalue weighted by Crippen LogP contribution is -2.43. The van der Waals surface area contributed by atoms with Crippen LogP contribution in [0.2, 0.25) is 0 Å². The Morgan fingerprint density at radius 3 is 2.44 bits per heavy atom. The van der Waals surface area contributed by atoms with Gasteiger partial charge < -0.3 is 15.5 Å². The zero-order valence-corrected chi connectivity index (χ0v) is 24.7. The number of piperazine rings is 1. The zero-order valence-electron chi connectivity index (χ0n) is 24.7. The summed E-state index contributed by atoms with van der Waals surface area (Å²) in [5.41, 5.74) is 7.86. The number of rotatable bonds is 8. The number of pyridine rings is 1. The fraction of sp³-hybridized carbons (Fsp3) is 0.242. The summed E-state index contributed by atoms with van der Waals surface area (Å²) in [7, 11) is 4.06. The van der Waals surface area contributed by atoms with Gasteiger partial charge >= 0.3 is 0 Å².